The molecular weight excluding hydrogens is 358 g/mol. The van der Waals surface area contributed by atoms with Gasteiger partial charge < -0.3 is 18.6 Å². The number of furan rings is 1. The molecule has 1 unspecified atom stereocenters. The predicted octanol–water partition coefficient (Wildman–Crippen LogP) is 2.87. The molecule has 1 aromatic carbocycles. The van der Waals surface area contributed by atoms with Crippen molar-refractivity contribution >= 4 is 22.9 Å². The third-order valence-electron chi connectivity index (χ3n) is 5.99. The first-order chi connectivity index (χ1) is 13.6. The minimum atomic E-state index is -0.485. The topological polar surface area (TPSA) is 77.6 Å². The summed E-state index contributed by atoms with van der Waals surface area (Å²) < 4.78 is 13.0. The fourth-order valence-corrected chi connectivity index (χ4v) is 4.42. The lowest BCUT2D eigenvalue weighted by Gasteiger charge is -2.36. The highest BCUT2D eigenvalue weighted by Crippen LogP contribution is 2.43. The molecule has 0 saturated carbocycles. The second-order valence-electron chi connectivity index (χ2n) is 7.67. The number of esters is 1. The maximum absolute atomic E-state index is 12.7. The van der Waals surface area contributed by atoms with Crippen LogP contribution >= 0.6 is 0 Å². The minimum absolute atomic E-state index is 0.118. The molecule has 2 saturated heterocycles. The second kappa shape index (κ2) is 6.51. The molecule has 2 aromatic heterocycles. The predicted molar refractivity (Wildman–Crippen MR) is 101 cm³/mol. The molecule has 5 rings (SSSR count). The number of fused-ring (bicyclic) bond motifs is 1. The van der Waals surface area contributed by atoms with Gasteiger partial charge in [-0.25, -0.2) is 4.98 Å². The number of para-hydroxylation sites is 2. The van der Waals surface area contributed by atoms with Crippen LogP contribution in [0.1, 0.15) is 29.8 Å². The summed E-state index contributed by atoms with van der Waals surface area (Å²) in [5.41, 5.74) is 1.49. The average molecular weight is 379 g/mol. The Morgan fingerprint density at radius 3 is 2.79 bits per heavy atom. The van der Waals surface area contributed by atoms with Gasteiger partial charge >= 0.3 is 5.97 Å². The van der Waals surface area contributed by atoms with Gasteiger partial charge in [0.15, 0.2) is 5.76 Å². The summed E-state index contributed by atoms with van der Waals surface area (Å²) in [5, 5.41) is 0. The number of benzene rings is 1. The van der Waals surface area contributed by atoms with E-state index in [1.54, 1.807) is 23.4 Å². The van der Waals surface area contributed by atoms with Gasteiger partial charge in [-0.2, -0.15) is 0 Å². The number of carbonyl (C=O) groups excluding carboxylic acids is 2. The number of carbonyl (C=O) groups is 2. The quantitative estimate of drug-likeness (QED) is 0.654. The number of ether oxygens (including phenoxy) is 1. The Bertz CT molecular complexity index is 1020. The zero-order valence-electron chi connectivity index (χ0n) is 15.4. The van der Waals surface area contributed by atoms with E-state index in [9.17, 15) is 9.59 Å². The van der Waals surface area contributed by atoms with Crippen molar-refractivity contribution in [2.24, 2.45) is 5.41 Å². The SMILES string of the molecule is O=C(c1ccco1)N1CCC2(CC1)CC(Cn1cnc3ccccc31)OC2=O. The molecular formula is C21H21N3O4. The monoisotopic (exact) mass is 379 g/mol. The van der Waals surface area contributed by atoms with E-state index >= 15 is 0 Å². The molecule has 1 spiro atoms. The lowest BCUT2D eigenvalue weighted by molar-refractivity contribution is -0.150. The molecule has 0 aliphatic carbocycles. The Hall–Kier alpha value is -3.09. The highest BCUT2D eigenvalue weighted by atomic mass is 16.6. The maximum atomic E-state index is 12.7. The van der Waals surface area contributed by atoms with Crippen LogP contribution in [0.25, 0.3) is 11.0 Å². The van der Waals surface area contributed by atoms with Gasteiger partial charge in [-0.1, -0.05) is 12.1 Å². The Morgan fingerprint density at radius 1 is 1.18 bits per heavy atom. The molecule has 0 bridgehead atoms. The first kappa shape index (κ1) is 17.0. The van der Waals surface area contributed by atoms with Crippen molar-refractivity contribution in [1.29, 1.82) is 0 Å². The number of likely N-dealkylation sites (tertiary alicyclic amines) is 1. The number of nitrogens with zero attached hydrogens (tertiary/aromatic N) is 3. The first-order valence-corrected chi connectivity index (χ1v) is 9.58. The number of rotatable bonds is 3. The molecule has 1 amide bonds. The van der Waals surface area contributed by atoms with Crippen molar-refractivity contribution in [3.63, 3.8) is 0 Å². The molecule has 7 heteroatoms. The van der Waals surface area contributed by atoms with E-state index in [1.807, 2.05) is 28.8 Å². The van der Waals surface area contributed by atoms with Crippen LogP contribution in [0.2, 0.25) is 0 Å². The van der Waals surface area contributed by atoms with Crippen molar-refractivity contribution in [3.05, 3.63) is 54.7 Å². The number of cyclic esters (lactones) is 1. The van der Waals surface area contributed by atoms with E-state index in [-0.39, 0.29) is 18.0 Å². The zero-order chi connectivity index (χ0) is 19.1. The molecule has 3 aromatic rings. The highest BCUT2D eigenvalue weighted by molar-refractivity contribution is 5.91. The van der Waals surface area contributed by atoms with Crippen LogP contribution in [-0.2, 0) is 16.1 Å². The number of imidazole rings is 1. The Labute approximate surface area is 161 Å². The van der Waals surface area contributed by atoms with Gasteiger partial charge in [-0.3, -0.25) is 9.59 Å². The fraction of sp³-hybridized carbons (Fsp3) is 0.381. The molecule has 1 atom stereocenters. The average Bonchev–Trinajstić information content (AvgIpc) is 3.44. The lowest BCUT2D eigenvalue weighted by Crippen LogP contribution is -2.45. The van der Waals surface area contributed by atoms with Gasteiger partial charge in [0.05, 0.1) is 35.6 Å². The summed E-state index contributed by atoms with van der Waals surface area (Å²) in [6.45, 7) is 1.67. The van der Waals surface area contributed by atoms with Gasteiger partial charge in [0, 0.05) is 19.5 Å². The summed E-state index contributed by atoms with van der Waals surface area (Å²) in [7, 11) is 0. The number of aromatic nitrogens is 2. The number of piperidine rings is 1. The van der Waals surface area contributed by atoms with Gasteiger partial charge in [0.2, 0.25) is 0 Å². The molecule has 4 heterocycles. The molecule has 2 aliphatic heterocycles. The Balaban J connectivity index is 1.26. The normalized spacial score (nSPS) is 21.4. The van der Waals surface area contributed by atoms with Crippen LogP contribution in [0.4, 0.5) is 0 Å². The zero-order valence-corrected chi connectivity index (χ0v) is 15.4. The van der Waals surface area contributed by atoms with Crippen molar-refractivity contribution < 1.29 is 18.7 Å². The minimum Gasteiger partial charge on any atom is -0.460 e. The lowest BCUT2D eigenvalue weighted by atomic mass is 9.76. The molecule has 7 nitrogen and oxygen atoms in total. The molecule has 2 aliphatic rings. The number of amides is 1. The van der Waals surface area contributed by atoms with Crippen molar-refractivity contribution in [2.45, 2.75) is 31.9 Å². The van der Waals surface area contributed by atoms with E-state index < -0.39 is 5.41 Å². The maximum Gasteiger partial charge on any atom is 0.312 e. The fourth-order valence-electron chi connectivity index (χ4n) is 4.42. The second-order valence-corrected chi connectivity index (χ2v) is 7.67. The summed E-state index contributed by atoms with van der Waals surface area (Å²) >= 11 is 0. The third kappa shape index (κ3) is 2.78. The summed E-state index contributed by atoms with van der Waals surface area (Å²) in [6.07, 6.45) is 5.06. The molecule has 0 N–H and O–H groups in total. The Kier molecular flexibility index (Phi) is 3.96. The van der Waals surface area contributed by atoms with Crippen molar-refractivity contribution in [3.8, 4) is 0 Å². The van der Waals surface area contributed by atoms with Crippen LogP contribution in [0.5, 0.6) is 0 Å². The van der Waals surface area contributed by atoms with Crippen molar-refractivity contribution in [2.75, 3.05) is 13.1 Å². The van der Waals surface area contributed by atoms with Gasteiger partial charge in [-0.15, -0.1) is 0 Å². The summed E-state index contributed by atoms with van der Waals surface area (Å²) in [6, 6.07) is 11.3. The third-order valence-corrected chi connectivity index (χ3v) is 5.99. The van der Waals surface area contributed by atoms with Crippen LogP contribution in [0, 0.1) is 5.41 Å². The van der Waals surface area contributed by atoms with Crippen LogP contribution < -0.4 is 0 Å². The molecule has 28 heavy (non-hydrogen) atoms. The molecule has 2 fully saturated rings. The van der Waals surface area contributed by atoms with Crippen molar-refractivity contribution in [1.82, 2.24) is 14.5 Å². The van der Waals surface area contributed by atoms with E-state index in [1.165, 1.54) is 6.26 Å². The molecule has 0 radical (unpaired) electrons. The Morgan fingerprint density at radius 2 is 2.00 bits per heavy atom. The van der Waals surface area contributed by atoms with E-state index in [4.69, 9.17) is 9.15 Å². The summed E-state index contributed by atoms with van der Waals surface area (Å²) in [5.74, 6) is 0.0921. The number of hydrogen-bond acceptors (Lipinski definition) is 5. The van der Waals surface area contributed by atoms with E-state index in [0.717, 1.165) is 11.0 Å². The van der Waals surface area contributed by atoms with Gasteiger partial charge in [0.1, 0.15) is 6.10 Å². The standard InChI is InChI=1S/C21H21N3O4/c25-19(18-6-3-11-27-18)23-9-7-21(8-10-23)12-15(28-20(21)26)13-24-14-22-16-4-1-2-5-17(16)24/h1-6,11,14-15H,7-10,12-13H2. The smallest absolute Gasteiger partial charge is 0.312 e. The van der Waals surface area contributed by atoms with Crippen LogP contribution in [0.3, 0.4) is 0 Å². The first-order valence-electron chi connectivity index (χ1n) is 9.58. The van der Waals surface area contributed by atoms with Crippen LogP contribution in [0.15, 0.2) is 53.4 Å². The number of hydrogen-bond donors (Lipinski definition) is 0. The summed E-state index contributed by atoms with van der Waals surface area (Å²) in [4.78, 5) is 31.3. The van der Waals surface area contributed by atoms with E-state index in [0.29, 0.717) is 44.7 Å². The highest BCUT2D eigenvalue weighted by Gasteiger charge is 2.51. The van der Waals surface area contributed by atoms with Gasteiger partial charge in [0.25, 0.3) is 5.91 Å². The largest absolute Gasteiger partial charge is 0.460 e. The van der Waals surface area contributed by atoms with E-state index in [2.05, 4.69) is 4.98 Å². The van der Waals surface area contributed by atoms with Gasteiger partial charge in [-0.05, 0) is 37.1 Å². The molecule has 144 valence electrons. The van der Waals surface area contributed by atoms with Crippen LogP contribution in [-0.4, -0.2) is 45.5 Å².